The fraction of sp³-hybridized carbons (Fsp3) is 0.381. The van der Waals surface area contributed by atoms with Crippen LogP contribution in [0, 0.1) is 5.92 Å². The van der Waals surface area contributed by atoms with E-state index in [-0.39, 0.29) is 29.5 Å². The number of fused-ring (bicyclic) bond motifs is 4. The number of nitrogens with one attached hydrogen (secondary N) is 1. The predicted octanol–water partition coefficient (Wildman–Crippen LogP) is 0.925. The molecule has 1 saturated heterocycles. The molecule has 0 aromatic carbocycles. The number of imidazole rings is 1. The van der Waals surface area contributed by atoms with Crippen molar-refractivity contribution in [3.05, 3.63) is 70.4 Å². The van der Waals surface area contributed by atoms with Gasteiger partial charge in [-0.1, -0.05) is 0 Å². The smallest absolute Gasteiger partial charge is 0.263 e. The molecule has 5 rings (SSSR count). The van der Waals surface area contributed by atoms with Gasteiger partial charge >= 0.3 is 0 Å². The van der Waals surface area contributed by atoms with Crippen molar-refractivity contribution in [3.63, 3.8) is 0 Å². The second kappa shape index (κ2) is 7.40. The minimum atomic E-state index is -0.367. The predicted molar refractivity (Wildman–Crippen MR) is 110 cm³/mol. The monoisotopic (exact) mass is 405 g/mol. The molecule has 5 heterocycles. The van der Waals surface area contributed by atoms with Gasteiger partial charge in [0, 0.05) is 63.1 Å². The highest BCUT2D eigenvalue weighted by molar-refractivity contribution is 5.93. The van der Waals surface area contributed by atoms with Crippen LogP contribution in [0.25, 0.3) is 0 Å². The Morgan fingerprint density at radius 1 is 1.13 bits per heavy atom. The van der Waals surface area contributed by atoms with Gasteiger partial charge in [0.05, 0.1) is 6.54 Å². The van der Waals surface area contributed by atoms with Crippen molar-refractivity contribution in [2.45, 2.75) is 25.4 Å². The molecule has 0 aliphatic carbocycles. The van der Waals surface area contributed by atoms with Crippen molar-refractivity contribution in [2.24, 2.45) is 13.0 Å². The van der Waals surface area contributed by atoms with Gasteiger partial charge in [0.1, 0.15) is 11.4 Å². The van der Waals surface area contributed by atoms with Gasteiger partial charge in [-0.3, -0.25) is 9.59 Å². The number of hydrogen-bond donors (Lipinski definition) is 1. The summed E-state index contributed by atoms with van der Waals surface area (Å²) >= 11 is 0. The van der Waals surface area contributed by atoms with Crippen molar-refractivity contribution in [2.75, 3.05) is 18.0 Å². The number of rotatable bonds is 4. The first kappa shape index (κ1) is 18.5. The molecule has 2 aliphatic heterocycles. The van der Waals surface area contributed by atoms with Crippen LogP contribution in [0.5, 0.6) is 0 Å². The summed E-state index contributed by atoms with van der Waals surface area (Å²) in [5.74, 6) is 1.64. The summed E-state index contributed by atoms with van der Waals surface area (Å²) in [5.41, 5.74) is 0.942. The fourth-order valence-corrected chi connectivity index (χ4v) is 4.56. The van der Waals surface area contributed by atoms with E-state index < -0.39 is 0 Å². The Balaban J connectivity index is 1.37. The Hall–Kier alpha value is -3.49. The Bertz CT molecular complexity index is 1140. The van der Waals surface area contributed by atoms with Gasteiger partial charge in [0.15, 0.2) is 0 Å². The molecule has 154 valence electrons. The number of amides is 1. The summed E-state index contributed by atoms with van der Waals surface area (Å²) in [5, 5.41) is 2.81. The number of anilines is 1. The minimum absolute atomic E-state index is 0.177. The quantitative estimate of drug-likeness (QED) is 0.693. The highest BCUT2D eigenvalue weighted by Gasteiger charge is 2.36. The van der Waals surface area contributed by atoms with Crippen molar-refractivity contribution >= 4 is 11.9 Å². The van der Waals surface area contributed by atoms with E-state index in [9.17, 15) is 9.59 Å². The van der Waals surface area contributed by atoms with Crippen molar-refractivity contribution < 1.29 is 4.79 Å². The summed E-state index contributed by atoms with van der Waals surface area (Å²) < 4.78 is 3.63. The van der Waals surface area contributed by atoms with Crippen LogP contribution >= 0.6 is 0 Å². The van der Waals surface area contributed by atoms with Crippen LogP contribution in [0.4, 0.5) is 5.95 Å². The molecule has 2 atom stereocenters. The third kappa shape index (κ3) is 3.26. The first-order chi connectivity index (χ1) is 14.6. The molecule has 1 fully saturated rings. The van der Waals surface area contributed by atoms with Gasteiger partial charge in [-0.2, -0.15) is 0 Å². The molecule has 0 unspecified atom stereocenters. The number of carbonyl (C=O) groups excluding carboxylic acids is 1. The maximum Gasteiger partial charge on any atom is 0.263 e. The number of carbonyl (C=O) groups is 1. The average Bonchev–Trinajstić information content (AvgIpc) is 3.18. The average molecular weight is 405 g/mol. The molecule has 30 heavy (non-hydrogen) atoms. The molecular formula is C21H23N7O2. The highest BCUT2D eigenvalue weighted by Crippen LogP contribution is 2.36. The maximum absolute atomic E-state index is 13.1. The van der Waals surface area contributed by atoms with Crippen LogP contribution in [0.1, 0.15) is 34.2 Å². The zero-order valence-corrected chi connectivity index (χ0v) is 16.7. The van der Waals surface area contributed by atoms with E-state index in [1.54, 1.807) is 29.2 Å². The molecule has 1 amide bonds. The summed E-state index contributed by atoms with van der Waals surface area (Å²) in [4.78, 5) is 40.9. The fourth-order valence-electron chi connectivity index (χ4n) is 4.56. The Morgan fingerprint density at radius 3 is 2.73 bits per heavy atom. The van der Waals surface area contributed by atoms with E-state index >= 15 is 0 Å². The van der Waals surface area contributed by atoms with Crippen LogP contribution in [0.3, 0.4) is 0 Å². The summed E-state index contributed by atoms with van der Waals surface area (Å²) in [6.45, 7) is 2.46. The Morgan fingerprint density at radius 2 is 1.97 bits per heavy atom. The van der Waals surface area contributed by atoms with Gasteiger partial charge in [-0.25, -0.2) is 15.0 Å². The molecule has 0 saturated carbocycles. The van der Waals surface area contributed by atoms with Crippen molar-refractivity contribution in [1.29, 1.82) is 0 Å². The van der Waals surface area contributed by atoms with Gasteiger partial charge in [-0.15, -0.1) is 0 Å². The summed E-state index contributed by atoms with van der Waals surface area (Å²) in [6, 6.07) is 5.39. The molecular weight excluding hydrogens is 382 g/mol. The molecule has 0 spiro atoms. The van der Waals surface area contributed by atoms with Crippen molar-refractivity contribution in [1.82, 2.24) is 29.4 Å². The second-order valence-electron chi connectivity index (χ2n) is 7.98. The van der Waals surface area contributed by atoms with Crippen LogP contribution in [-0.4, -0.2) is 43.1 Å². The highest BCUT2D eigenvalue weighted by atomic mass is 16.2. The van der Waals surface area contributed by atoms with E-state index in [2.05, 4.69) is 25.2 Å². The van der Waals surface area contributed by atoms with Crippen LogP contribution in [0.15, 0.2) is 47.8 Å². The van der Waals surface area contributed by atoms with Gasteiger partial charge in [-0.05, 0) is 30.5 Å². The molecule has 1 N–H and O–H groups in total. The van der Waals surface area contributed by atoms with E-state index in [1.165, 1.54) is 0 Å². The molecule has 2 bridgehead atoms. The zero-order valence-electron chi connectivity index (χ0n) is 16.7. The lowest BCUT2D eigenvalue weighted by molar-refractivity contribution is 0.0946. The number of nitrogens with zero attached hydrogens (tertiary/aromatic N) is 6. The van der Waals surface area contributed by atoms with E-state index in [4.69, 9.17) is 0 Å². The first-order valence-electron chi connectivity index (χ1n) is 10.1. The topological polar surface area (TPSA) is 97.9 Å². The van der Waals surface area contributed by atoms with Gasteiger partial charge < -0.3 is 19.4 Å². The number of aromatic nitrogens is 5. The van der Waals surface area contributed by atoms with Crippen LogP contribution < -0.4 is 15.8 Å². The lowest BCUT2D eigenvalue weighted by Gasteiger charge is -2.42. The molecule has 3 aromatic rings. The molecule has 3 aromatic heterocycles. The SMILES string of the molecule is Cn1ccnc1CNC(=O)c1ccc2n(c1=O)C[C@H]1C[C@@H]2CN(c2ncccn2)C1. The molecule has 9 nitrogen and oxygen atoms in total. The Labute approximate surface area is 173 Å². The number of piperidine rings is 1. The van der Waals surface area contributed by atoms with Gasteiger partial charge in [0.25, 0.3) is 11.5 Å². The lowest BCUT2D eigenvalue weighted by atomic mass is 9.83. The zero-order chi connectivity index (χ0) is 20.7. The Kier molecular flexibility index (Phi) is 4.57. The number of aryl methyl sites for hydroxylation is 1. The number of hydrogen-bond acceptors (Lipinski definition) is 6. The number of pyridine rings is 1. The maximum atomic E-state index is 13.1. The standard InChI is InChI=1S/C21H23N7O2/c1-26-8-7-22-18(26)10-25-19(29)16-3-4-17-15-9-14(12-28(17)20(16)30)11-27(13-15)21-23-5-2-6-24-21/h2-8,14-15H,9-13H2,1H3,(H,25,29)/t14-,15+/m0/s1. The van der Waals surface area contributed by atoms with E-state index in [0.717, 1.165) is 37.0 Å². The van der Waals surface area contributed by atoms with Crippen LogP contribution in [-0.2, 0) is 20.1 Å². The third-order valence-electron chi connectivity index (χ3n) is 6.01. The molecule has 9 heteroatoms. The summed E-state index contributed by atoms with van der Waals surface area (Å²) in [6.07, 6.45) is 8.03. The minimum Gasteiger partial charge on any atom is -0.345 e. The van der Waals surface area contributed by atoms with Crippen LogP contribution in [0.2, 0.25) is 0 Å². The third-order valence-corrected chi connectivity index (χ3v) is 6.01. The summed E-state index contributed by atoms with van der Waals surface area (Å²) in [7, 11) is 1.87. The largest absolute Gasteiger partial charge is 0.345 e. The van der Waals surface area contributed by atoms with E-state index in [0.29, 0.717) is 12.5 Å². The second-order valence-corrected chi connectivity index (χ2v) is 7.98. The normalized spacial score (nSPS) is 20.0. The van der Waals surface area contributed by atoms with Gasteiger partial charge in [0.2, 0.25) is 5.95 Å². The lowest BCUT2D eigenvalue weighted by Crippen LogP contribution is -2.48. The van der Waals surface area contributed by atoms with E-state index in [1.807, 2.05) is 29.9 Å². The van der Waals surface area contributed by atoms with Crippen molar-refractivity contribution in [3.8, 4) is 0 Å². The first-order valence-corrected chi connectivity index (χ1v) is 10.1. The molecule has 2 aliphatic rings. The molecule has 0 radical (unpaired) electrons.